The first-order chi connectivity index (χ1) is 12.5. The van der Waals surface area contributed by atoms with E-state index in [0.29, 0.717) is 0 Å². The highest BCUT2D eigenvalue weighted by Gasteiger charge is 2.13. The Bertz CT molecular complexity index is 842. The van der Waals surface area contributed by atoms with Gasteiger partial charge in [-0.3, -0.25) is 9.59 Å². The molecule has 0 aliphatic heterocycles. The Hall–Kier alpha value is -2.41. The smallest absolute Gasteiger partial charge is 0.316 e. The SMILES string of the molecule is O=C(COC(=O)CSc1ccc2c(c1)CCC2)Nc1ccc(F)c(F)c1. The summed E-state index contributed by atoms with van der Waals surface area (Å²) in [6, 6.07) is 9.16. The van der Waals surface area contributed by atoms with Gasteiger partial charge in [0.15, 0.2) is 18.2 Å². The number of esters is 1. The van der Waals surface area contributed by atoms with Crippen LogP contribution in [0.3, 0.4) is 0 Å². The van der Waals surface area contributed by atoms with Gasteiger partial charge in [-0.15, -0.1) is 11.8 Å². The van der Waals surface area contributed by atoms with Crippen molar-refractivity contribution in [3.05, 3.63) is 59.2 Å². The summed E-state index contributed by atoms with van der Waals surface area (Å²) in [4.78, 5) is 24.5. The third-order valence-corrected chi connectivity index (χ3v) is 4.96. The van der Waals surface area contributed by atoms with Crippen LogP contribution in [-0.4, -0.2) is 24.2 Å². The molecular formula is C19H17F2NO3S. The summed E-state index contributed by atoms with van der Waals surface area (Å²) in [5.74, 6) is -3.11. The molecule has 0 saturated heterocycles. The zero-order chi connectivity index (χ0) is 18.5. The maximum absolute atomic E-state index is 13.1. The summed E-state index contributed by atoms with van der Waals surface area (Å²) < 4.78 is 30.8. The topological polar surface area (TPSA) is 55.4 Å². The number of thioether (sulfide) groups is 1. The third-order valence-electron chi connectivity index (χ3n) is 3.99. The molecule has 0 heterocycles. The number of aryl methyl sites for hydroxylation is 2. The van der Waals surface area contributed by atoms with Crippen LogP contribution in [0.1, 0.15) is 17.5 Å². The van der Waals surface area contributed by atoms with Crippen LogP contribution in [0.25, 0.3) is 0 Å². The first-order valence-corrected chi connectivity index (χ1v) is 9.15. The highest BCUT2D eigenvalue weighted by Crippen LogP contribution is 2.27. The lowest BCUT2D eigenvalue weighted by Gasteiger charge is -2.07. The normalized spacial score (nSPS) is 12.5. The molecule has 0 unspecified atom stereocenters. The van der Waals surface area contributed by atoms with Gasteiger partial charge < -0.3 is 10.1 Å². The number of carbonyl (C=O) groups excluding carboxylic acids is 2. The Morgan fingerprint density at radius 3 is 2.65 bits per heavy atom. The van der Waals surface area contributed by atoms with E-state index >= 15 is 0 Å². The largest absolute Gasteiger partial charge is 0.455 e. The fourth-order valence-corrected chi connectivity index (χ4v) is 3.50. The molecule has 0 atom stereocenters. The molecule has 7 heteroatoms. The first-order valence-electron chi connectivity index (χ1n) is 8.16. The second-order valence-corrected chi connectivity index (χ2v) is 6.96. The lowest BCUT2D eigenvalue weighted by molar-refractivity contribution is -0.144. The maximum Gasteiger partial charge on any atom is 0.316 e. The zero-order valence-electron chi connectivity index (χ0n) is 13.9. The summed E-state index contributed by atoms with van der Waals surface area (Å²) in [5.41, 5.74) is 2.79. The van der Waals surface area contributed by atoms with Crippen molar-refractivity contribution in [3.63, 3.8) is 0 Å². The van der Waals surface area contributed by atoms with E-state index in [1.165, 1.54) is 35.4 Å². The Morgan fingerprint density at radius 1 is 1.04 bits per heavy atom. The summed E-state index contributed by atoms with van der Waals surface area (Å²) in [5, 5.41) is 2.34. The lowest BCUT2D eigenvalue weighted by atomic mass is 10.1. The number of fused-ring (bicyclic) bond motifs is 1. The molecule has 0 radical (unpaired) electrons. The molecule has 2 aromatic carbocycles. The van der Waals surface area contributed by atoms with Crippen molar-refractivity contribution >= 4 is 29.3 Å². The van der Waals surface area contributed by atoms with E-state index in [9.17, 15) is 18.4 Å². The van der Waals surface area contributed by atoms with Crippen LogP contribution in [0.5, 0.6) is 0 Å². The molecule has 1 aliphatic carbocycles. The molecule has 136 valence electrons. The maximum atomic E-state index is 13.1. The monoisotopic (exact) mass is 377 g/mol. The Balaban J connectivity index is 1.42. The summed E-state index contributed by atoms with van der Waals surface area (Å²) in [7, 11) is 0. The number of benzene rings is 2. The number of hydrogen-bond acceptors (Lipinski definition) is 4. The van der Waals surface area contributed by atoms with Crippen LogP contribution >= 0.6 is 11.8 Å². The van der Waals surface area contributed by atoms with Crippen LogP contribution < -0.4 is 5.32 Å². The van der Waals surface area contributed by atoms with E-state index in [4.69, 9.17) is 4.74 Å². The molecule has 0 spiro atoms. The minimum Gasteiger partial charge on any atom is -0.455 e. The Morgan fingerprint density at radius 2 is 1.85 bits per heavy atom. The van der Waals surface area contributed by atoms with Gasteiger partial charge in [-0.2, -0.15) is 0 Å². The molecule has 2 aromatic rings. The predicted octanol–water partition coefficient (Wildman–Crippen LogP) is 3.73. The van der Waals surface area contributed by atoms with Crippen LogP contribution in [0.2, 0.25) is 0 Å². The van der Waals surface area contributed by atoms with Crippen LogP contribution in [0.15, 0.2) is 41.3 Å². The standard InChI is InChI=1S/C19H17F2NO3S/c20-16-7-5-14(9-17(16)21)22-18(23)10-25-19(24)11-26-15-6-4-12-2-1-3-13(12)8-15/h4-9H,1-3,10-11H2,(H,22,23). The van der Waals surface area contributed by atoms with Crippen LogP contribution in [0.4, 0.5) is 14.5 Å². The zero-order valence-corrected chi connectivity index (χ0v) is 14.7. The average molecular weight is 377 g/mol. The quantitative estimate of drug-likeness (QED) is 0.616. The molecule has 1 aliphatic rings. The predicted molar refractivity (Wildman–Crippen MR) is 95.1 cm³/mol. The molecule has 3 rings (SSSR count). The van der Waals surface area contributed by atoms with Crippen molar-refractivity contribution < 1.29 is 23.1 Å². The number of carbonyl (C=O) groups is 2. The van der Waals surface area contributed by atoms with E-state index < -0.39 is 30.1 Å². The van der Waals surface area contributed by atoms with E-state index in [2.05, 4.69) is 17.4 Å². The second-order valence-electron chi connectivity index (χ2n) is 5.91. The van der Waals surface area contributed by atoms with Crippen molar-refractivity contribution in [1.82, 2.24) is 0 Å². The molecule has 0 aromatic heterocycles. The summed E-state index contributed by atoms with van der Waals surface area (Å²) in [6.45, 7) is -0.484. The summed E-state index contributed by atoms with van der Waals surface area (Å²) >= 11 is 1.36. The average Bonchev–Trinajstić information content (AvgIpc) is 3.09. The van der Waals surface area contributed by atoms with E-state index in [0.717, 1.165) is 29.9 Å². The third kappa shape index (κ3) is 4.82. The van der Waals surface area contributed by atoms with Gasteiger partial charge in [-0.1, -0.05) is 6.07 Å². The van der Waals surface area contributed by atoms with Gasteiger partial charge >= 0.3 is 5.97 Å². The second kappa shape index (κ2) is 8.31. The number of anilines is 1. The number of nitrogens with one attached hydrogen (secondary N) is 1. The fraction of sp³-hybridized carbons (Fsp3) is 0.263. The molecule has 1 amide bonds. The van der Waals surface area contributed by atoms with Gasteiger partial charge in [0.05, 0.1) is 5.75 Å². The van der Waals surface area contributed by atoms with Gasteiger partial charge in [-0.25, -0.2) is 8.78 Å². The molecule has 26 heavy (non-hydrogen) atoms. The Kier molecular flexibility index (Phi) is 5.88. The molecule has 0 fully saturated rings. The first kappa shape index (κ1) is 18.4. The van der Waals surface area contributed by atoms with Crippen molar-refractivity contribution in [2.75, 3.05) is 17.7 Å². The van der Waals surface area contributed by atoms with E-state index in [-0.39, 0.29) is 11.4 Å². The van der Waals surface area contributed by atoms with Crippen molar-refractivity contribution in [1.29, 1.82) is 0 Å². The van der Waals surface area contributed by atoms with Gasteiger partial charge in [0.25, 0.3) is 5.91 Å². The fourth-order valence-electron chi connectivity index (χ4n) is 2.74. The van der Waals surface area contributed by atoms with Gasteiger partial charge in [0.2, 0.25) is 0 Å². The number of hydrogen-bond donors (Lipinski definition) is 1. The number of amides is 1. The molecule has 0 bridgehead atoms. The van der Waals surface area contributed by atoms with E-state index in [1.807, 2.05) is 6.07 Å². The lowest BCUT2D eigenvalue weighted by Crippen LogP contribution is -2.21. The minimum atomic E-state index is -1.06. The molecule has 0 saturated carbocycles. The number of halogens is 2. The van der Waals surface area contributed by atoms with Gasteiger partial charge in [0, 0.05) is 16.6 Å². The highest BCUT2D eigenvalue weighted by atomic mass is 32.2. The van der Waals surface area contributed by atoms with Crippen LogP contribution in [0, 0.1) is 11.6 Å². The van der Waals surface area contributed by atoms with E-state index in [1.54, 1.807) is 0 Å². The Labute approximate surface area is 153 Å². The van der Waals surface area contributed by atoms with Gasteiger partial charge in [-0.05, 0) is 54.7 Å². The van der Waals surface area contributed by atoms with Crippen LogP contribution in [-0.2, 0) is 27.2 Å². The van der Waals surface area contributed by atoms with Crippen molar-refractivity contribution in [2.45, 2.75) is 24.2 Å². The number of rotatable bonds is 6. The molecule has 4 nitrogen and oxygen atoms in total. The summed E-state index contributed by atoms with van der Waals surface area (Å²) in [6.07, 6.45) is 3.34. The minimum absolute atomic E-state index is 0.0945. The van der Waals surface area contributed by atoms with Gasteiger partial charge in [0.1, 0.15) is 0 Å². The molecular weight excluding hydrogens is 360 g/mol. The highest BCUT2D eigenvalue weighted by molar-refractivity contribution is 8.00. The van der Waals surface area contributed by atoms with Crippen molar-refractivity contribution in [3.8, 4) is 0 Å². The molecule has 1 N–H and O–H groups in total. The number of ether oxygens (including phenoxy) is 1. The van der Waals surface area contributed by atoms with Crippen molar-refractivity contribution in [2.24, 2.45) is 0 Å².